The first-order valence-electron chi connectivity index (χ1n) is 8.42. The SMILES string of the molecule is Cc1c(-c2ccc(O)cc2)n(Cc2ccc(S)cc2)c2ccc(O)cc12. The summed E-state index contributed by atoms with van der Waals surface area (Å²) in [6, 6.07) is 20.8. The lowest BCUT2D eigenvalue weighted by Gasteiger charge is -2.13. The summed E-state index contributed by atoms with van der Waals surface area (Å²) in [5, 5.41) is 20.6. The summed E-state index contributed by atoms with van der Waals surface area (Å²) < 4.78 is 2.25. The molecule has 26 heavy (non-hydrogen) atoms. The summed E-state index contributed by atoms with van der Waals surface area (Å²) in [6.45, 7) is 2.77. The van der Waals surface area contributed by atoms with Gasteiger partial charge < -0.3 is 14.8 Å². The normalized spacial score (nSPS) is 11.2. The molecule has 0 bridgehead atoms. The van der Waals surface area contributed by atoms with Crippen LogP contribution in [0.25, 0.3) is 22.2 Å². The number of thiol groups is 1. The molecule has 0 saturated carbocycles. The molecule has 0 aliphatic rings. The Kier molecular flexibility index (Phi) is 4.13. The van der Waals surface area contributed by atoms with Crippen LogP contribution >= 0.6 is 12.6 Å². The molecule has 3 nitrogen and oxygen atoms in total. The highest BCUT2D eigenvalue weighted by atomic mass is 32.1. The van der Waals surface area contributed by atoms with Gasteiger partial charge in [0.25, 0.3) is 0 Å². The summed E-state index contributed by atoms with van der Waals surface area (Å²) in [5.41, 5.74) is 5.46. The predicted octanol–water partition coefficient (Wildman–Crippen LogP) is 5.36. The van der Waals surface area contributed by atoms with Gasteiger partial charge in [0, 0.05) is 22.3 Å². The topological polar surface area (TPSA) is 45.4 Å². The Morgan fingerprint density at radius 3 is 2.19 bits per heavy atom. The van der Waals surface area contributed by atoms with E-state index in [-0.39, 0.29) is 11.5 Å². The number of nitrogens with zero attached hydrogens (tertiary/aromatic N) is 1. The largest absolute Gasteiger partial charge is 0.508 e. The lowest BCUT2D eigenvalue weighted by atomic mass is 10.1. The van der Waals surface area contributed by atoms with Crippen molar-refractivity contribution >= 4 is 23.5 Å². The molecule has 0 radical (unpaired) electrons. The van der Waals surface area contributed by atoms with Gasteiger partial charge in [-0.25, -0.2) is 0 Å². The van der Waals surface area contributed by atoms with E-state index in [4.69, 9.17) is 0 Å². The van der Waals surface area contributed by atoms with E-state index in [2.05, 4.69) is 36.3 Å². The quantitative estimate of drug-likeness (QED) is 0.430. The Bertz CT molecular complexity index is 1080. The minimum Gasteiger partial charge on any atom is -0.508 e. The zero-order valence-electron chi connectivity index (χ0n) is 14.3. The van der Waals surface area contributed by atoms with Crippen molar-refractivity contribution in [1.29, 1.82) is 0 Å². The van der Waals surface area contributed by atoms with Crippen LogP contribution in [0.5, 0.6) is 11.5 Å². The zero-order valence-corrected chi connectivity index (χ0v) is 15.2. The van der Waals surface area contributed by atoms with Crippen LogP contribution in [0.4, 0.5) is 0 Å². The van der Waals surface area contributed by atoms with Crippen molar-refractivity contribution in [2.45, 2.75) is 18.4 Å². The van der Waals surface area contributed by atoms with Crippen LogP contribution in [-0.4, -0.2) is 14.8 Å². The van der Waals surface area contributed by atoms with Crippen LogP contribution < -0.4 is 0 Å². The fraction of sp³-hybridized carbons (Fsp3) is 0.0909. The van der Waals surface area contributed by atoms with Gasteiger partial charge in [-0.05, 0) is 78.2 Å². The van der Waals surface area contributed by atoms with Crippen molar-refractivity contribution in [1.82, 2.24) is 4.57 Å². The minimum absolute atomic E-state index is 0.246. The second-order valence-corrected chi connectivity index (χ2v) is 6.99. The van der Waals surface area contributed by atoms with Gasteiger partial charge >= 0.3 is 0 Å². The molecule has 0 amide bonds. The lowest BCUT2D eigenvalue weighted by molar-refractivity contribution is 0.475. The molecule has 2 N–H and O–H groups in total. The highest BCUT2D eigenvalue weighted by Crippen LogP contribution is 2.36. The molecule has 1 heterocycles. The fourth-order valence-electron chi connectivity index (χ4n) is 3.45. The Labute approximate surface area is 157 Å². The van der Waals surface area contributed by atoms with Crippen molar-refractivity contribution in [3.05, 3.63) is 77.9 Å². The Hall–Kier alpha value is -2.85. The maximum Gasteiger partial charge on any atom is 0.116 e. The number of benzene rings is 3. The first-order valence-corrected chi connectivity index (χ1v) is 8.87. The minimum atomic E-state index is 0.246. The molecule has 0 unspecified atom stereocenters. The first-order chi connectivity index (χ1) is 12.5. The maximum atomic E-state index is 9.93. The van der Waals surface area contributed by atoms with Crippen LogP contribution in [0.15, 0.2) is 71.6 Å². The third-order valence-corrected chi connectivity index (χ3v) is 5.02. The van der Waals surface area contributed by atoms with Gasteiger partial charge in [-0.15, -0.1) is 12.6 Å². The standard InChI is InChI=1S/C22H19NO2S/c1-14-20-12-18(25)8-11-21(20)23(13-15-2-9-19(26)10-3-15)22(14)16-4-6-17(24)7-5-16/h2-12,24-26H,13H2,1H3. The number of phenolic OH excluding ortho intramolecular Hbond substituents is 2. The average molecular weight is 361 g/mol. The van der Waals surface area contributed by atoms with E-state index in [0.717, 1.165) is 32.6 Å². The molecule has 0 saturated heterocycles. The second-order valence-electron chi connectivity index (χ2n) is 6.47. The number of aryl methyl sites for hydroxylation is 1. The molecule has 0 fully saturated rings. The highest BCUT2D eigenvalue weighted by molar-refractivity contribution is 7.80. The number of phenols is 2. The number of rotatable bonds is 3. The van der Waals surface area contributed by atoms with E-state index < -0.39 is 0 Å². The summed E-state index contributed by atoms with van der Waals surface area (Å²) in [6.07, 6.45) is 0. The first kappa shape index (κ1) is 16.6. The van der Waals surface area contributed by atoms with Gasteiger partial charge in [0.05, 0.1) is 5.69 Å². The van der Waals surface area contributed by atoms with E-state index in [9.17, 15) is 10.2 Å². The van der Waals surface area contributed by atoms with Crippen molar-refractivity contribution < 1.29 is 10.2 Å². The van der Waals surface area contributed by atoms with Crippen LogP contribution in [0.3, 0.4) is 0 Å². The van der Waals surface area contributed by atoms with Gasteiger partial charge in [0.1, 0.15) is 11.5 Å². The molecular formula is C22H19NO2S. The third kappa shape index (κ3) is 2.93. The van der Waals surface area contributed by atoms with Gasteiger partial charge in [0.15, 0.2) is 0 Å². The van der Waals surface area contributed by atoms with Gasteiger partial charge in [-0.2, -0.15) is 0 Å². The van der Waals surface area contributed by atoms with Crippen molar-refractivity contribution in [3.8, 4) is 22.8 Å². The number of aromatic nitrogens is 1. The Morgan fingerprint density at radius 2 is 1.50 bits per heavy atom. The molecule has 0 aliphatic heterocycles. The molecule has 4 heteroatoms. The molecule has 0 atom stereocenters. The van der Waals surface area contributed by atoms with Gasteiger partial charge in [0.2, 0.25) is 0 Å². The van der Waals surface area contributed by atoms with E-state index in [1.807, 2.05) is 36.4 Å². The van der Waals surface area contributed by atoms with Crippen LogP contribution in [0, 0.1) is 6.92 Å². The van der Waals surface area contributed by atoms with Crippen molar-refractivity contribution in [3.63, 3.8) is 0 Å². The second kappa shape index (κ2) is 6.46. The van der Waals surface area contributed by atoms with Crippen LogP contribution in [0.1, 0.15) is 11.1 Å². The lowest BCUT2D eigenvalue weighted by Crippen LogP contribution is -2.02. The average Bonchev–Trinajstić information content (AvgIpc) is 2.89. The van der Waals surface area contributed by atoms with Gasteiger partial charge in [-0.1, -0.05) is 12.1 Å². The summed E-state index contributed by atoms with van der Waals surface area (Å²) in [4.78, 5) is 0.936. The van der Waals surface area contributed by atoms with Crippen molar-refractivity contribution in [2.24, 2.45) is 0 Å². The number of hydrogen-bond acceptors (Lipinski definition) is 3. The van der Waals surface area contributed by atoms with Crippen LogP contribution in [-0.2, 0) is 6.54 Å². The van der Waals surface area contributed by atoms with Gasteiger partial charge in [-0.3, -0.25) is 0 Å². The summed E-state index contributed by atoms with van der Waals surface area (Å²) >= 11 is 4.36. The van der Waals surface area contributed by atoms with E-state index in [0.29, 0.717) is 6.54 Å². The Morgan fingerprint density at radius 1 is 0.846 bits per heavy atom. The smallest absolute Gasteiger partial charge is 0.116 e. The fourth-order valence-corrected chi connectivity index (χ4v) is 3.60. The number of fused-ring (bicyclic) bond motifs is 1. The molecule has 1 aromatic heterocycles. The van der Waals surface area contributed by atoms with Crippen LogP contribution in [0.2, 0.25) is 0 Å². The molecule has 0 spiro atoms. The summed E-state index contributed by atoms with van der Waals surface area (Å²) in [5.74, 6) is 0.505. The number of aromatic hydroxyl groups is 2. The molecule has 4 rings (SSSR count). The predicted molar refractivity (Wildman–Crippen MR) is 108 cm³/mol. The molecule has 4 aromatic rings. The third-order valence-electron chi connectivity index (χ3n) is 4.72. The van der Waals surface area contributed by atoms with Crippen molar-refractivity contribution in [2.75, 3.05) is 0 Å². The molecule has 3 aromatic carbocycles. The maximum absolute atomic E-state index is 9.93. The van der Waals surface area contributed by atoms with E-state index in [1.165, 1.54) is 5.56 Å². The highest BCUT2D eigenvalue weighted by Gasteiger charge is 2.16. The molecule has 130 valence electrons. The monoisotopic (exact) mass is 361 g/mol. The van der Waals surface area contributed by atoms with E-state index in [1.54, 1.807) is 18.2 Å². The molecule has 0 aliphatic carbocycles. The molecular weight excluding hydrogens is 342 g/mol. The Balaban J connectivity index is 1.94. The van der Waals surface area contributed by atoms with E-state index >= 15 is 0 Å². The summed E-state index contributed by atoms with van der Waals surface area (Å²) in [7, 11) is 0. The number of hydrogen-bond donors (Lipinski definition) is 3. The zero-order chi connectivity index (χ0) is 18.3.